The molecule has 0 aromatic heterocycles. The maximum absolute atomic E-state index is 12.7. The number of nitrogens with zero attached hydrogens (tertiary/aromatic N) is 3. The van der Waals surface area contributed by atoms with E-state index in [0.29, 0.717) is 0 Å². The molecular formula is C22H31ClN4O. The van der Waals surface area contributed by atoms with Gasteiger partial charge >= 0.3 is 0 Å². The van der Waals surface area contributed by atoms with Gasteiger partial charge in [0.05, 0.1) is 0 Å². The molecule has 0 unspecified atom stereocenters. The highest BCUT2D eigenvalue weighted by Gasteiger charge is 2.38. The number of amidine groups is 1. The van der Waals surface area contributed by atoms with Crippen molar-refractivity contribution in [2.24, 2.45) is 10.4 Å². The molecule has 152 valence electrons. The summed E-state index contributed by atoms with van der Waals surface area (Å²) in [7, 11) is 0. The van der Waals surface area contributed by atoms with Crippen LogP contribution < -0.4 is 10.2 Å². The summed E-state index contributed by atoms with van der Waals surface area (Å²) in [4.78, 5) is 22.0. The molecule has 0 spiro atoms. The lowest BCUT2D eigenvalue weighted by Crippen LogP contribution is -2.50. The van der Waals surface area contributed by atoms with E-state index in [2.05, 4.69) is 35.0 Å². The summed E-state index contributed by atoms with van der Waals surface area (Å²) in [5.74, 6) is 2.31. The smallest absolute Gasteiger partial charge is 0.226 e. The van der Waals surface area contributed by atoms with Crippen molar-refractivity contribution in [1.82, 2.24) is 10.2 Å². The topological polar surface area (TPSA) is 47.9 Å². The Labute approximate surface area is 173 Å². The number of hydrogen-bond donors (Lipinski definition) is 1. The molecule has 3 rings (SSSR count). The number of amides is 1. The van der Waals surface area contributed by atoms with E-state index in [4.69, 9.17) is 16.6 Å². The summed E-state index contributed by atoms with van der Waals surface area (Å²) in [5.41, 5.74) is 0.755. The van der Waals surface area contributed by atoms with Crippen LogP contribution in [-0.4, -0.2) is 42.3 Å². The Morgan fingerprint density at radius 1 is 1.21 bits per heavy atom. The summed E-state index contributed by atoms with van der Waals surface area (Å²) in [5, 5.41) is 3.82. The zero-order chi connectivity index (χ0) is 20.3. The molecule has 0 atom stereocenters. The van der Waals surface area contributed by atoms with E-state index in [0.717, 1.165) is 61.3 Å². The first-order chi connectivity index (χ1) is 13.3. The maximum atomic E-state index is 12.7. The molecule has 0 saturated carbocycles. The molecule has 1 aromatic carbocycles. The third kappa shape index (κ3) is 4.52. The lowest BCUT2D eigenvalue weighted by atomic mass is 9.79. The molecule has 1 aromatic rings. The summed E-state index contributed by atoms with van der Waals surface area (Å²) >= 11 is 6.09. The van der Waals surface area contributed by atoms with Crippen molar-refractivity contribution in [3.05, 3.63) is 41.2 Å². The number of benzene rings is 1. The van der Waals surface area contributed by atoms with Gasteiger partial charge in [-0.05, 0) is 70.4 Å². The first kappa shape index (κ1) is 20.7. The van der Waals surface area contributed by atoms with Gasteiger partial charge in [-0.25, -0.2) is 0 Å². The number of halogens is 1. The predicted octanol–water partition coefficient (Wildman–Crippen LogP) is 4.44. The van der Waals surface area contributed by atoms with Gasteiger partial charge in [-0.15, -0.1) is 0 Å². The average Bonchev–Trinajstić information content (AvgIpc) is 2.84. The van der Waals surface area contributed by atoms with Crippen LogP contribution in [0.5, 0.6) is 0 Å². The lowest BCUT2D eigenvalue weighted by molar-refractivity contribution is -0.133. The van der Waals surface area contributed by atoms with Crippen LogP contribution in [0.3, 0.4) is 0 Å². The van der Waals surface area contributed by atoms with Crippen molar-refractivity contribution in [2.75, 3.05) is 24.5 Å². The highest BCUT2D eigenvalue weighted by Crippen LogP contribution is 2.35. The molecule has 1 amide bonds. The number of anilines is 1. The van der Waals surface area contributed by atoms with Crippen LogP contribution in [0.4, 0.5) is 5.69 Å². The second kappa shape index (κ2) is 8.56. The standard InChI is InChI=1S/C22H31ClN4O/c1-16(2)25-21(28)22(4)11-14-26(15-12-22)20-6-5-13-24-17(3)27(20)19-9-7-18(23)8-10-19/h6-10,16H,5,11-15H2,1-4H3,(H,25,28). The van der Waals surface area contributed by atoms with E-state index >= 15 is 0 Å². The van der Waals surface area contributed by atoms with Crippen LogP contribution in [0.2, 0.25) is 5.02 Å². The molecule has 0 aliphatic carbocycles. The third-order valence-corrected chi connectivity index (χ3v) is 5.85. The number of likely N-dealkylation sites (tertiary alicyclic amines) is 1. The normalized spacial score (nSPS) is 19.8. The van der Waals surface area contributed by atoms with Gasteiger partial charge in [0, 0.05) is 41.8 Å². The molecule has 0 radical (unpaired) electrons. The highest BCUT2D eigenvalue weighted by molar-refractivity contribution is 6.30. The minimum atomic E-state index is -0.305. The molecule has 1 N–H and O–H groups in total. The van der Waals surface area contributed by atoms with Crippen LogP contribution in [0.15, 0.2) is 41.2 Å². The first-order valence-corrected chi connectivity index (χ1v) is 10.5. The Morgan fingerprint density at radius 2 is 1.86 bits per heavy atom. The van der Waals surface area contributed by atoms with E-state index < -0.39 is 0 Å². The predicted molar refractivity (Wildman–Crippen MR) is 117 cm³/mol. The zero-order valence-corrected chi connectivity index (χ0v) is 18.1. The number of nitrogens with one attached hydrogen (secondary N) is 1. The van der Waals surface area contributed by atoms with Crippen LogP contribution in [0, 0.1) is 5.41 Å². The summed E-state index contributed by atoms with van der Waals surface area (Å²) in [6.07, 6.45) is 4.87. The van der Waals surface area contributed by atoms with Crippen molar-refractivity contribution >= 4 is 29.0 Å². The Morgan fingerprint density at radius 3 is 2.46 bits per heavy atom. The van der Waals surface area contributed by atoms with Gasteiger partial charge in [0.1, 0.15) is 11.7 Å². The van der Waals surface area contributed by atoms with Crippen molar-refractivity contribution in [3.63, 3.8) is 0 Å². The minimum Gasteiger partial charge on any atom is -0.358 e. The lowest BCUT2D eigenvalue weighted by Gasteiger charge is -2.43. The fourth-order valence-corrected chi connectivity index (χ4v) is 3.95. The van der Waals surface area contributed by atoms with E-state index in [1.807, 2.05) is 38.1 Å². The van der Waals surface area contributed by atoms with Crippen molar-refractivity contribution in [1.29, 1.82) is 0 Å². The molecular weight excluding hydrogens is 372 g/mol. The van der Waals surface area contributed by atoms with Crippen molar-refractivity contribution in [3.8, 4) is 0 Å². The summed E-state index contributed by atoms with van der Waals surface area (Å²) in [6.45, 7) is 10.7. The van der Waals surface area contributed by atoms with Crippen LogP contribution in [0.1, 0.15) is 47.0 Å². The number of carbonyl (C=O) groups excluding carboxylic acids is 1. The molecule has 1 saturated heterocycles. The number of rotatable bonds is 4. The number of piperidine rings is 1. The van der Waals surface area contributed by atoms with Gasteiger partial charge < -0.3 is 10.2 Å². The van der Waals surface area contributed by atoms with Gasteiger partial charge in [0.25, 0.3) is 0 Å². The molecule has 6 heteroatoms. The van der Waals surface area contributed by atoms with Crippen LogP contribution in [0.25, 0.3) is 0 Å². The fourth-order valence-electron chi connectivity index (χ4n) is 3.82. The van der Waals surface area contributed by atoms with Gasteiger partial charge in [0.15, 0.2) is 0 Å². The maximum Gasteiger partial charge on any atom is 0.226 e. The largest absolute Gasteiger partial charge is 0.358 e. The number of aliphatic imine (C=N–C) groups is 1. The van der Waals surface area contributed by atoms with Gasteiger partial charge in [-0.2, -0.15) is 0 Å². The Bertz CT molecular complexity index is 761. The minimum absolute atomic E-state index is 0.171. The molecule has 28 heavy (non-hydrogen) atoms. The number of hydrogen-bond acceptors (Lipinski definition) is 4. The SMILES string of the molecule is CC1=NCCC=C(N2CCC(C)(C(=O)NC(C)C)CC2)N1c1ccc(Cl)cc1. The number of carbonyl (C=O) groups is 1. The monoisotopic (exact) mass is 402 g/mol. The molecule has 0 bridgehead atoms. The second-order valence-electron chi connectivity index (χ2n) is 8.27. The molecule has 2 aliphatic rings. The van der Waals surface area contributed by atoms with Gasteiger partial charge in [-0.1, -0.05) is 18.5 Å². The van der Waals surface area contributed by atoms with E-state index in [9.17, 15) is 4.79 Å². The highest BCUT2D eigenvalue weighted by atomic mass is 35.5. The summed E-state index contributed by atoms with van der Waals surface area (Å²) < 4.78 is 0. The van der Waals surface area contributed by atoms with Crippen LogP contribution in [-0.2, 0) is 4.79 Å². The van der Waals surface area contributed by atoms with Crippen molar-refractivity contribution in [2.45, 2.75) is 53.0 Å². The molecule has 2 heterocycles. The van der Waals surface area contributed by atoms with Gasteiger partial charge in [0.2, 0.25) is 5.91 Å². The Balaban J connectivity index is 1.80. The quantitative estimate of drug-likeness (QED) is 0.810. The van der Waals surface area contributed by atoms with Crippen molar-refractivity contribution < 1.29 is 4.79 Å². The summed E-state index contributed by atoms with van der Waals surface area (Å²) in [6, 6.07) is 8.06. The second-order valence-corrected chi connectivity index (χ2v) is 8.70. The zero-order valence-electron chi connectivity index (χ0n) is 17.3. The molecule has 1 fully saturated rings. The Kier molecular flexibility index (Phi) is 6.33. The first-order valence-electron chi connectivity index (χ1n) is 10.1. The van der Waals surface area contributed by atoms with Gasteiger partial charge in [-0.3, -0.25) is 14.7 Å². The van der Waals surface area contributed by atoms with E-state index in [1.165, 1.54) is 0 Å². The average molecular weight is 403 g/mol. The van der Waals surface area contributed by atoms with E-state index in [-0.39, 0.29) is 17.4 Å². The Hall–Kier alpha value is -2.01. The fraction of sp³-hybridized carbons (Fsp3) is 0.545. The van der Waals surface area contributed by atoms with Crippen LogP contribution >= 0.6 is 11.6 Å². The molecule has 5 nitrogen and oxygen atoms in total. The molecule has 2 aliphatic heterocycles. The third-order valence-electron chi connectivity index (χ3n) is 5.59. The van der Waals surface area contributed by atoms with E-state index in [1.54, 1.807) is 0 Å².